The zero-order chi connectivity index (χ0) is 15.7. The van der Waals surface area contributed by atoms with Crippen molar-refractivity contribution in [2.75, 3.05) is 32.7 Å². The van der Waals surface area contributed by atoms with E-state index in [1.54, 1.807) is 5.56 Å². The van der Waals surface area contributed by atoms with Gasteiger partial charge in [-0.3, -0.25) is 9.80 Å². The summed E-state index contributed by atoms with van der Waals surface area (Å²) in [7, 11) is 0. The molecule has 24 heavy (non-hydrogen) atoms. The van der Waals surface area contributed by atoms with Crippen LogP contribution >= 0.6 is 12.4 Å². The topological polar surface area (TPSA) is 35.2 Å². The van der Waals surface area contributed by atoms with Gasteiger partial charge < -0.3 is 4.98 Å². The maximum atomic E-state index is 4.33. The minimum absolute atomic E-state index is 0. The Morgan fingerprint density at radius 2 is 1.71 bits per heavy atom. The number of aromatic amines is 1. The zero-order valence-electron chi connectivity index (χ0n) is 14.4. The molecule has 0 unspecified atom stereocenters. The fourth-order valence-electron chi connectivity index (χ4n) is 3.73. The molecule has 0 bridgehead atoms. The van der Waals surface area contributed by atoms with Crippen molar-refractivity contribution in [3.8, 4) is 0 Å². The third-order valence-electron chi connectivity index (χ3n) is 5.44. The zero-order valence-corrected chi connectivity index (χ0v) is 15.2. The first-order valence-electron chi connectivity index (χ1n) is 8.74. The van der Waals surface area contributed by atoms with Crippen LogP contribution in [0.1, 0.15) is 29.8 Å². The number of nitrogens with one attached hydrogen (secondary N) is 1. The molecular formula is C19H27ClN4. The molecule has 2 heterocycles. The predicted molar refractivity (Wildman–Crippen MR) is 99.6 cm³/mol. The van der Waals surface area contributed by atoms with E-state index in [0.717, 1.165) is 25.5 Å². The summed E-state index contributed by atoms with van der Waals surface area (Å²) in [6.45, 7) is 8.98. The van der Waals surface area contributed by atoms with Crippen LogP contribution in [0.2, 0.25) is 0 Å². The Labute approximate surface area is 150 Å². The fourth-order valence-corrected chi connectivity index (χ4v) is 3.73. The predicted octanol–water partition coefficient (Wildman–Crippen LogP) is 2.99. The van der Waals surface area contributed by atoms with Gasteiger partial charge in [-0.1, -0.05) is 29.8 Å². The van der Waals surface area contributed by atoms with E-state index in [-0.39, 0.29) is 12.4 Å². The molecule has 0 spiro atoms. The van der Waals surface area contributed by atoms with Crippen LogP contribution in [0.5, 0.6) is 0 Å². The van der Waals surface area contributed by atoms with Crippen molar-refractivity contribution in [1.82, 2.24) is 19.8 Å². The van der Waals surface area contributed by atoms with Crippen molar-refractivity contribution in [2.45, 2.75) is 31.7 Å². The maximum absolute atomic E-state index is 4.33. The van der Waals surface area contributed by atoms with E-state index in [0.29, 0.717) is 5.41 Å². The first-order valence-corrected chi connectivity index (χ1v) is 8.74. The number of imidazole rings is 1. The Morgan fingerprint density at radius 3 is 2.29 bits per heavy atom. The Hall–Kier alpha value is -1.36. The first-order chi connectivity index (χ1) is 11.2. The van der Waals surface area contributed by atoms with Gasteiger partial charge in [0, 0.05) is 50.5 Å². The number of hydrogen-bond donors (Lipinski definition) is 1. The van der Waals surface area contributed by atoms with Gasteiger partial charge in [0.2, 0.25) is 0 Å². The molecule has 130 valence electrons. The summed E-state index contributed by atoms with van der Waals surface area (Å²) in [5, 5.41) is 0. The van der Waals surface area contributed by atoms with E-state index in [1.165, 1.54) is 38.0 Å². The number of hydrogen-bond acceptors (Lipinski definition) is 3. The van der Waals surface area contributed by atoms with Gasteiger partial charge in [-0.25, -0.2) is 4.98 Å². The maximum Gasteiger partial charge on any atom is 0.120 e. The summed E-state index contributed by atoms with van der Waals surface area (Å²) in [5.74, 6) is 1.08. The molecule has 2 fully saturated rings. The molecule has 2 aromatic rings. The SMILES string of the molecule is Cc1ccc(C2(CN3CCN(Cc4ncc[nH]4)CC3)CC2)cc1.Cl. The molecule has 1 saturated carbocycles. The second-order valence-corrected chi connectivity index (χ2v) is 7.23. The molecule has 4 nitrogen and oxygen atoms in total. The summed E-state index contributed by atoms with van der Waals surface area (Å²) >= 11 is 0. The lowest BCUT2D eigenvalue weighted by Crippen LogP contribution is -2.48. The van der Waals surface area contributed by atoms with Gasteiger partial charge in [0.25, 0.3) is 0 Å². The number of aryl methyl sites for hydroxylation is 1. The van der Waals surface area contributed by atoms with E-state index in [4.69, 9.17) is 0 Å². The van der Waals surface area contributed by atoms with Crippen LogP contribution in [0.3, 0.4) is 0 Å². The lowest BCUT2D eigenvalue weighted by atomic mass is 9.94. The van der Waals surface area contributed by atoms with Gasteiger partial charge in [0.05, 0.1) is 6.54 Å². The molecule has 1 aliphatic carbocycles. The van der Waals surface area contributed by atoms with Gasteiger partial charge >= 0.3 is 0 Å². The highest BCUT2D eigenvalue weighted by atomic mass is 35.5. The molecule has 1 aliphatic heterocycles. The van der Waals surface area contributed by atoms with Crippen LogP contribution in [-0.2, 0) is 12.0 Å². The van der Waals surface area contributed by atoms with Crippen molar-refractivity contribution in [3.63, 3.8) is 0 Å². The quantitative estimate of drug-likeness (QED) is 0.904. The van der Waals surface area contributed by atoms with Gasteiger partial charge in [-0.05, 0) is 25.3 Å². The number of H-pyrrole nitrogens is 1. The monoisotopic (exact) mass is 346 g/mol. The summed E-state index contributed by atoms with van der Waals surface area (Å²) in [5.41, 5.74) is 3.34. The molecule has 2 aliphatic rings. The van der Waals surface area contributed by atoms with Crippen molar-refractivity contribution >= 4 is 12.4 Å². The number of aromatic nitrogens is 2. The second kappa shape index (κ2) is 7.26. The molecule has 1 aromatic heterocycles. The second-order valence-electron chi connectivity index (χ2n) is 7.23. The lowest BCUT2D eigenvalue weighted by molar-refractivity contribution is 0.117. The van der Waals surface area contributed by atoms with Gasteiger partial charge in [0.1, 0.15) is 5.82 Å². The van der Waals surface area contributed by atoms with Crippen molar-refractivity contribution in [2.24, 2.45) is 0 Å². The van der Waals surface area contributed by atoms with E-state index in [1.807, 2.05) is 12.4 Å². The van der Waals surface area contributed by atoms with Crippen LogP contribution in [0.15, 0.2) is 36.7 Å². The highest BCUT2D eigenvalue weighted by Crippen LogP contribution is 2.48. The summed E-state index contributed by atoms with van der Waals surface area (Å²) < 4.78 is 0. The van der Waals surface area contributed by atoms with Gasteiger partial charge in [0.15, 0.2) is 0 Å². The van der Waals surface area contributed by atoms with Crippen molar-refractivity contribution < 1.29 is 0 Å². The van der Waals surface area contributed by atoms with Crippen molar-refractivity contribution in [1.29, 1.82) is 0 Å². The van der Waals surface area contributed by atoms with Crippen LogP contribution in [-0.4, -0.2) is 52.5 Å². The lowest BCUT2D eigenvalue weighted by Gasteiger charge is -2.36. The van der Waals surface area contributed by atoms with Crippen LogP contribution in [0.4, 0.5) is 0 Å². The normalized spacial score (nSPS) is 20.5. The average molecular weight is 347 g/mol. The minimum Gasteiger partial charge on any atom is -0.348 e. The Morgan fingerprint density at radius 1 is 1.04 bits per heavy atom. The highest BCUT2D eigenvalue weighted by molar-refractivity contribution is 5.85. The summed E-state index contributed by atoms with van der Waals surface area (Å²) in [6, 6.07) is 9.21. The molecule has 0 radical (unpaired) electrons. The smallest absolute Gasteiger partial charge is 0.120 e. The van der Waals surface area contributed by atoms with Crippen LogP contribution < -0.4 is 0 Å². The minimum atomic E-state index is 0. The van der Waals surface area contributed by atoms with E-state index < -0.39 is 0 Å². The summed E-state index contributed by atoms with van der Waals surface area (Å²) in [6.07, 6.45) is 6.44. The van der Waals surface area contributed by atoms with E-state index in [2.05, 4.69) is 51.0 Å². The number of nitrogens with zero attached hydrogens (tertiary/aromatic N) is 3. The number of rotatable bonds is 5. The largest absolute Gasteiger partial charge is 0.348 e. The molecule has 0 amide bonds. The molecule has 0 atom stereocenters. The third-order valence-corrected chi connectivity index (χ3v) is 5.44. The number of piperazine rings is 1. The molecule has 4 rings (SSSR count). The Kier molecular flexibility index (Phi) is 5.28. The Balaban J connectivity index is 0.00000169. The summed E-state index contributed by atoms with van der Waals surface area (Å²) in [4.78, 5) is 12.7. The standard InChI is InChI=1S/C19H26N4.ClH/c1-16-2-4-17(5-3-16)19(6-7-19)15-23-12-10-22(11-13-23)14-18-20-8-9-21-18;/h2-5,8-9H,6-7,10-15H2,1H3,(H,20,21);1H. The van der Waals surface area contributed by atoms with Gasteiger partial charge in [-0.15, -0.1) is 12.4 Å². The number of benzene rings is 1. The average Bonchev–Trinajstić information content (AvgIpc) is 3.16. The third kappa shape index (κ3) is 3.82. The molecule has 1 saturated heterocycles. The molecular weight excluding hydrogens is 320 g/mol. The van der Waals surface area contributed by atoms with E-state index in [9.17, 15) is 0 Å². The van der Waals surface area contributed by atoms with Gasteiger partial charge in [-0.2, -0.15) is 0 Å². The highest BCUT2D eigenvalue weighted by Gasteiger charge is 2.45. The van der Waals surface area contributed by atoms with E-state index >= 15 is 0 Å². The fraction of sp³-hybridized carbons (Fsp3) is 0.526. The van der Waals surface area contributed by atoms with Crippen LogP contribution in [0.25, 0.3) is 0 Å². The first kappa shape index (κ1) is 17.5. The molecule has 1 N–H and O–H groups in total. The molecule has 5 heteroatoms. The number of halogens is 1. The van der Waals surface area contributed by atoms with Crippen molar-refractivity contribution in [3.05, 3.63) is 53.6 Å². The molecule has 1 aromatic carbocycles. The van der Waals surface area contributed by atoms with Crippen LogP contribution in [0, 0.1) is 6.92 Å². The Bertz CT molecular complexity index is 626.